The maximum Gasteiger partial charge on any atom is 0.260 e. The highest BCUT2D eigenvalue weighted by Crippen LogP contribution is 2.21. The number of benzene rings is 2. The molecule has 0 aliphatic carbocycles. The van der Waals surface area contributed by atoms with E-state index >= 15 is 0 Å². The smallest absolute Gasteiger partial charge is 0.260 e. The van der Waals surface area contributed by atoms with E-state index in [4.69, 9.17) is 16.3 Å². The first-order chi connectivity index (χ1) is 12.1. The molecular weight excluding hydrogens is 345 g/mol. The third kappa shape index (κ3) is 3.80. The molecule has 1 amide bonds. The number of nitrogens with zero attached hydrogens (tertiary/aromatic N) is 2. The number of hydrogen-bond acceptors (Lipinski definition) is 3. The summed E-state index contributed by atoms with van der Waals surface area (Å²) in [5, 5.41) is 7.25. The third-order valence-electron chi connectivity index (χ3n) is 3.62. The van der Waals surface area contributed by atoms with Gasteiger partial charge in [0.15, 0.2) is 5.82 Å². The summed E-state index contributed by atoms with van der Waals surface area (Å²) in [7, 11) is 1.50. The second kappa shape index (κ2) is 7.36. The Morgan fingerprint density at radius 1 is 1.24 bits per heavy atom. The molecule has 0 saturated carbocycles. The van der Waals surface area contributed by atoms with Gasteiger partial charge in [0.1, 0.15) is 11.6 Å². The topological polar surface area (TPSA) is 56.1 Å². The Bertz CT molecular complexity index is 891. The van der Waals surface area contributed by atoms with Crippen LogP contribution in [-0.2, 0) is 6.54 Å². The van der Waals surface area contributed by atoms with Crippen LogP contribution in [0, 0.1) is 5.82 Å². The summed E-state index contributed by atoms with van der Waals surface area (Å²) in [5.41, 5.74) is 0.742. The SMILES string of the molecule is COc1ccccc1C(=O)Nc1ccn(Cc2c(F)cccc2Cl)n1. The van der Waals surface area contributed by atoms with E-state index < -0.39 is 5.82 Å². The average molecular weight is 360 g/mol. The fourth-order valence-corrected chi connectivity index (χ4v) is 2.60. The van der Waals surface area contributed by atoms with Crippen molar-refractivity contribution < 1.29 is 13.9 Å². The molecule has 128 valence electrons. The number of aromatic nitrogens is 2. The number of nitrogens with one attached hydrogen (secondary N) is 1. The highest BCUT2D eigenvalue weighted by Gasteiger charge is 2.13. The van der Waals surface area contributed by atoms with Crippen LogP contribution >= 0.6 is 11.6 Å². The van der Waals surface area contributed by atoms with Crippen LogP contribution in [0.5, 0.6) is 5.75 Å². The fourth-order valence-electron chi connectivity index (χ4n) is 2.38. The maximum atomic E-state index is 13.8. The molecule has 0 fully saturated rings. The predicted molar refractivity (Wildman–Crippen MR) is 93.7 cm³/mol. The van der Waals surface area contributed by atoms with E-state index in [0.29, 0.717) is 27.7 Å². The second-order valence-corrected chi connectivity index (χ2v) is 5.66. The van der Waals surface area contributed by atoms with Gasteiger partial charge in [0.25, 0.3) is 5.91 Å². The van der Waals surface area contributed by atoms with Gasteiger partial charge in [0.05, 0.1) is 19.2 Å². The van der Waals surface area contributed by atoms with E-state index in [1.54, 1.807) is 48.7 Å². The largest absolute Gasteiger partial charge is 0.496 e. The molecule has 0 atom stereocenters. The summed E-state index contributed by atoms with van der Waals surface area (Å²) in [6.07, 6.45) is 1.64. The monoisotopic (exact) mass is 359 g/mol. The van der Waals surface area contributed by atoms with Gasteiger partial charge in [-0.25, -0.2) is 4.39 Å². The van der Waals surface area contributed by atoms with Crippen LogP contribution in [0.3, 0.4) is 0 Å². The van der Waals surface area contributed by atoms with Crippen LogP contribution in [0.2, 0.25) is 5.02 Å². The number of amides is 1. The van der Waals surface area contributed by atoms with Crippen LogP contribution in [0.15, 0.2) is 54.7 Å². The minimum atomic E-state index is -0.400. The molecule has 7 heteroatoms. The molecule has 0 unspecified atom stereocenters. The Morgan fingerprint density at radius 3 is 2.80 bits per heavy atom. The predicted octanol–water partition coefficient (Wildman–Crippen LogP) is 3.98. The van der Waals surface area contributed by atoms with Crippen molar-refractivity contribution in [3.63, 3.8) is 0 Å². The number of hydrogen-bond donors (Lipinski definition) is 1. The number of halogens is 2. The maximum absolute atomic E-state index is 13.8. The Morgan fingerprint density at radius 2 is 2.04 bits per heavy atom. The number of carbonyl (C=O) groups is 1. The zero-order valence-electron chi connectivity index (χ0n) is 13.4. The quantitative estimate of drug-likeness (QED) is 0.749. The van der Waals surface area contributed by atoms with Crippen molar-refractivity contribution in [2.75, 3.05) is 12.4 Å². The summed E-state index contributed by atoms with van der Waals surface area (Å²) in [5.74, 6) is 0.0789. The molecule has 1 N–H and O–H groups in total. The Hall–Kier alpha value is -2.86. The Labute approximate surface area is 149 Å². The molecule has 0 bridgehead atoms. The first-order valence-corrected chi connectivity index (χ1v) is 7.87. The molecule has 1 heterocycles. The van der Waals surface area contributed by atoms with Gasteiger partial charge in [-0.3, -0.25) is 9.48 Å². The number of rotatable bonds is 5. The van der Waals surface area contributed by atoms with Crippen LogP contribution in [-0.4, -0.2) is 22.8 Å². The Kier molecular flexibility index (Phi) is 5.00. The molecule has 3 rings (SSSR count). The van der Waals surface area contributed by atoms with Crippen LogP contribution in [0.4, 0.5) is 10.2 Å². The molecule has 1 aromatic heterocycles. The highest BCUT2D eigenvalue weighted by molar-refractivity contribution is 6.31. The molecule has 0 spiro atoms. The van der Waals surface area contributed by atoms with E-state index in [0.717, 1.165) is 0 Å². The van der Waals surface area contributed by atoms with Gasteiger partial charge in [0.2, 0.25) is 0 Å². The van der Waals surface area contributed by atoms with Gasteiger partial charge in [0, 0.05) is 22.8 Å². The lowest BCUT2D eigenvalue weighted by Crippen LogP contribution is -2.14. The van der Waals surface area contributed by atoms with E-state index in [1.807, 2.05) is 0 Å². The van der Waals surface area contributed by atoms with Gasteiger partial charge in [-0.15, -0.1) is 0 Å². The minimum absolute atomic E-state index is 0.163. The van der Waals surface area contributed by atoms with Crippen molar-refractivity contribution in [3.05, 3.63) is 76.7 Å². The van der Waals surface area contributed by atoms with E-state index in [2.05, 4.69) is 10.4 Å². The summed E-state index contributed by atoms with van der Waals surface area (Å²) in [6.45, 7) is 0.163. The van der Waals surface area contributed by atoms with Gasteiger partial charge in [-0.2, -0.15) is 5.10 Å². The van der Waals surface area contributed by atoms with Gasteiger partial charge >= 0.3 is 0 Å². The van der Waals surface area contributed by atoms with E-state index in [1.165, 1.54) is 17.9 Å². The van der Waals surface area contributed by atoms with E-state index in [-0.39, 0.29) is 12.5 Å². The fraction of sp³-hybridized carbons (Fsp3) is 0.111. The van der Waals surface area contributed by atoms with Gasteiger partial charge in [-0.1, -0.05) is 29.8 Å². The molecule has 0 aliphatic rings. The zero-order valence-corrected chi connectivity index (χ0v) is 14.1. The summed E-state index contributed by atoms with van der Waals surface area (Å²) in [4.78, 5) is 12.3. The molecular formula is C18H15ClFN3O2. The Balaban J connectivity index is 1.75. The van der Waals surface area contributed by atoms with Crippen molar-refractivity contribution in [1.29, 1.82) is 0 Å². The summed E-state index contributed by atoms with van der Waals surface area (Å²) >= 11 is 6.02. The number of ether oxygens (including phenoxy) is 1. The number of carbonyl (C=O) groups excluding carboxylic acids is 1. The average Bonchev–Trinajstić information content (AvgIpc) is 3.05. The zero-order chi connectivity index (χ0) is 17.8. The van der Waals surface area contributed by atoms with Gasteiger partial charge in [-0.05, 0) is 24.3 Å². The first kappa shape index (κ1) is 17.0. The standard InChI is InChI=1S/C18H15ClFN3O2/c1-25-16-8-3-2-5-12(16)18(24)21-17-9-10-23(22-17)11-13-14(19)6-4-7-15(13)20/h2-10H,11H2,1H3,(H,21,22,24). The van der Waals surface area contributed by atoms with Crippen molar-refractivity contribution in [2.24, 2.45) is 0 Å². The third-order valence-corrected chi connectivity index (χ3v) is 3.97. The first-order valence-electron chi connectivity index (χ1n) is 7.49. The summed E-state index contributed by atoms with van der Waals surface area (Å²) < 4.78 is 20.5. The molecule has 25 heavy (non-hydrogen) atoms. The molecule has 0 radical (unpaired) electrons. The lowest BCUT2D eigenvalue weighted by molar-refractivity contribution is 0.102. The number of para-hydroxylation sites is 1. The highest BCUT2D eigenvalue weighted by atomic mass is 35.5. The number of methoxy groups -OCH3 is 1. The molecule has 2 aromatic carbocycles. The van der Waals surface area contributed by atoms with E-state index in [9.17, 15) is 9.18 Å². The molecule has 0 aliphatic heterocycles. The van der Waals surface area contributed by atoms with Crippen molar-refractivity contribution in [2.45, 2.75) is 6.54 Å². The van der Waals surface area contributed by atoms with Crippen molar-refractivity contribution in [1.82, 2.24) is 9.78 Å². The second-order valence-electron chi connectivity index (χ2n) is 5.25. The lowest BCUT2D eigenvalue weighted by atomic mass is 10.2. The molecule has 3 aromatic rings. The lowest BCUT2D eigenvalue weighted by Gasteiger charge is -2.08. The summed E-state index contributed by atoms with van der Waals surface area (Å²) in [6, 6.07) is 13.0. The van der Waals surface area contributed by atoms with Crippen LogP contribution in [0.1, 0.15) is 15.9 Å². The van der Waals surface area contributed by atoms with Gasteiger partial charge < -0.3 is 10.1 Å². The van der Waals surface area contributed by atoms with Crippen LogP contribution in [0.25, 0.3) is 0 Å². The van der Waals surface area contributed by atoms with Crippen molar-refractivity contribution >= 4 is 23.3 Å². The normalized spacial score (nSPS) is 10.5. The molecule has 5 nitrogen and oxygen atoms in total. The molecule has 0 saturated heterocycles. The minimum Gasteiger partial charge on any atom is -0.496 e. The van der Waals surface area contributed by atoms with Crippen molar-refractivity contribution in [3.8, 4) is 5.75 Å². The van der Waals surface area contributed by atoms with Crippen LogP contribution < -0.4 is 10.1 Å². The number of anilines is 1.